The predicted molar refractivity (Wildman–Crippen MR) is 88.8 cm³/mol. The molecule has 2 saturated carbocycles. The van der Waals surface area contributed by atoms with Crippen molar-refractivity contribution in [2.24, 2.45) is 17.3 Å². The van der Waals surface area contributed by atoms with Crippen LogP contribution in [0.2, 0.25) is 0 Å². The van der Waals surface area contributed by atoms with Crippen LogP contribution in [0.4, 0.5) is 13.2 Å². The second-order valence-electron chi connectivity index (χ2n) is 8.98. The molecule has 2 N–H and O–H groups in total. The lowest BCUT2D eigenvalue weighted by Crippen LogP contribution is -2.50. The highest BCUT2D eigenvalue weighted by atomic mass is 19.4. The van der Waals surface area contributed by atoms with E-state index in [-0.39, 0.29) is 23.8 Å². The number of halogens is 3. The van der Waals surface area contributed by atoms with E-state index >= 15 is 0 Å². The van der Waals surface area contributed by atoms with E-state index in [0.717, 1.165) is 37.7 Å². The highest BCUT2D eigenvalue weighted by Crippen LogP contribution is 2.62. The summed E-state index contributed by atoms with van der Waals surface area (Å²) in [6, 6.07) is 0. The van der Waals surface area contributed by atoms with Crippen LogP contribution in [0.25, 0.3) is 0 Å². The summed E-state index contributed by atoms with van der Waals surface area (Å²) in [7, 11) is 0. The molecular formula is C20H27F3O2. The second kappa shape index (κ2) is 5.59. The molecule has 0 heterocycles. The van der Waals surface area contributed by atoms with Crippen LogP contribution in [0.1, 0.15) is 64.7 Å². The number of alkyl halides is 3. The zero-order valence-electron chi connectivity index (χ0n) is 14.7. The van der Waals surface area contributed by atoms with E-state index in [1.165, 1.54) is 0 Å². The van der Waals surface area contributed by atoms with Gasteiger partial charge in [0.25, 0.3) is 0 Å². The summed E-state index contributed by atoms with van der Waals surface area (Å²) in [4.78, 5) is 0. The van der Waals surface area contributed by atoms with E-state index in [9.17, 15) is 23.4 Å². The lowest BCUT2D eigenvalue weighted by Gasteiger charge is -2.49. The smallest absolute Gasteiger partial charge is 0.393 e. The molecule has 0 aromatic carbocycles. The van der Waals surface area contributed by atoms with Gasteiger partial charge >= 0.3 is 6.18 Å². The average molecular weight is 356 g/mol. The Morgan fingerprint density at radius 2 is 1.88 bits per heavy atom. The minimum Gasteiger partial charge on any atom is -0.393 e. The van der Waals surface area contributed by atoms with Crippen molar-refractivity contribution in [3.63, 3.8) is 0 Å². The van der Waals surface area contributed by atoms with Gasteiger partial charge in [0, 0.05) is 5.57 Å². The van der Waals surface area contributed by atoms with Crippen LogP contribution in [0, 0.1) is 17.3 Å². The van der Waals surface area contributed by atoms with Crippen LogP contribution >= 0.6 is 0 Å². The standard InChI is InChI=1S/C20H27F3O2/c1-18-7-2-3-17(18)19(25)8-6-12-4-5-14(24)9-13(12)10-15(19)16(11-18)20(21,22)23/h10,12,14,17,24-25H,2-9,11H2,1H3/t12?,14?,17?,18?,19-/m1/s1. The van der Waals surface area contributed by atoms with Crippen molar-refractivity contribution in [1.29, 1.82) is 0 Å². The summed E-state index contributed by atoms with van der Waals surface area (Å²) < 4.78 is 41.7. The Labute approximate surface area is 146 Å². The average Bonchev–Trinajstić information content (AvgIpc) is 2.84. The highest BCUT2D eigenvalue weighted by Gasteiger charge is 2.59. The van der Waals surface area contributed by atoms with Gasteiger partial charge in [-0.05, 0) is 74.2 Å². The van der Waals surface area contributed by atoms with Gasteiger partial charge in [-0.1, -0.05) is 25.0 Å². The molecule has 4 aliphatic rings. The Kier molecular flexibility index (Phi) is 3.94. The van der Waals surface area contributed by atoms with E-state index in [2.05, 4.69) is 0 Å². The molecule has 0 amide bonds. The van der Waals surface area contributed by atoms with Crippen molar-refractivity contribution in [3.05, 3.63) is 22.8 Å². The van der Waals surface area contributed by atoms with Gasteiger partial charge < -0.3 is 10.2 Å². The minimum atomic E-state index is -4.41. The zero-order chi connectivity index (χ0) is 18.0. The van der Waals surface area contributed by atoms with E-state index in [0.29, 0.717) is 19.3 Å². The summed E-state index contributed by atoms with van der Waals surface area (Å²) in [5.41, 5.74) is -1.33. The molecule has 0 radical (unpaired) electrons. The van der Waals surface area contributed by atoms with Crippen molar-refractivity contribution < 1.29 is 23.4 Å². The summed E-state index contributed by atoms with van der Waals surface area (Å²) >= 11 is 0. The lowest BCUT2D eigenvalue weighted by atomic mass is 9.59. The number of fused-ring (bicyclic) bond motifs is 4. The molecule has 4 rings (SSSR count). The van der Waals surface area contributed by atoms with E-state index in [1.807, 2.05) is 6.92 Å². The fourth-order valence-electron chi connectivity index (χ4n) is 6.19. The summed E-state index contributed by atoms with van der Waals surface area (Å²) in [6.45, 7) is 1.93. The largest absolute Gasteiger partial charge is 0.413 e. The minimum absolute atomic E-state index is 0.00973. The number of allylic oxidation sites excluding steroid dienone is 1. The summed E-state index contributed by atoms with van der Waals surface area (Å²) in [6.07, 6.45) is 2.29. The number of hydrogen-bond donors (Lipinski definition) is 2. The van der Waals surface area contributed by atoms with E-state index in [1.54, 1.807) is 6.08 Å². The highest BCUT2D eigenvalue weighted by molar-refractivity contribution is 5.45. The number of aliphatic hydroxyl groups excluding tert-OH is 1. The fourth-order valence-corrected chi connectivity index (χ4v) is 6.19. The molecule has 2 fully saturated rings. The molecule has 0 aliphatic heterocycles. The van der Waals surface area contributed by atoms with E-state index in [4.69, 9.17) is 0 Å². The third-order valence-corrected chi connectivity index (χ3v) is 7.42. The fraction of sp³-hybridized carbons (Fsp3) is 0.800. The molecule has 4 unspecified atom stereocenters. The number of aliphatic hydroxyl groups is 2. The molecule has 5 atom stereocenters. The van der Waals surface area contributed by atoms with Crippen LogP contribution in [0.3, 0.4) is 0 Å². The molecule has 0 spiro atoms. The topological polar surface area (TPSA) is 40.5 Å². The molecule has 0 bridgehead atoms. The SMILES string of the molecule is CC12CCCC1[C@@]1(O)CCC3CCC(O)CC3=CC1=C(C(F)(F)F)C2. The Morgan fingerprint density at radius 3 is 2.60 bits per heavy atom. The molecular weight excluding hydrogens is 329 g/mol. The lowest BCUT2D eigenvalue weighted by molar-refractivity contribution is -0.117. The van der Waals surface area contributed by atoms with Crippen molar-refractivity contribution in [2.45, 2.75) is 82.6 Å². The molecule has 5 heteroatoms. The van der Waals surface area contributed by atoms with E-state index < -0.39 is 28.9 Å². The Balaban J connectivity index is 1.88. The molecule has 0 aromatic rings. The van der Waals surface area contributed by atoms with Gasteiger partial charge in [0.1, 0.15) is 0 Å². The van der Waals surface area contributed by atoms with Crippen LogP contribution in [0.5, 0.6) is 0 Å². The third-order valence-electron chi connectivity index (χ3n) is 7.42. The maximum atomic E-state index is 13.9. The molecule has 4 aliphatic carbocycles. The van der Waals surface area contributed by atoms with Crippen LogP contribution in [0.15, 0.2) is 22.8 Å². The normalized spacial score (nSPS) is 44.6. The van der Waals surface area contributed by atoms with Crippen molar-refractivity contribution in [1.82, 2.24) is 0 Å². The van der Waals surface area contributed by atoms with Crippen molar-refractivity contribution in [2.75, 3.05) is 0 Å². The van der Waals surface area contributed by atoms with Crippen molar-refractivity contribution in [3.8, 4) is 0 Å². The monoisotopic (exact) mass is 356 g/mol. The van der Waals surface area contributed by atoms with Gasteiger partial charge in [-0.3, -0.25) is 0 Å². The third kappa shape index (κ3) is 2.69. The quantitative estimate of drug-likeness (QED) is 0.662. The Hall–Kier alpha value is -0.810. The maximum Gasteiger partial charge on any atom is 0.413 e. The molecule has 25 heavy (non-hydrogen) atoms. The first kappa shape index (κ1) is 17.6. The van der Waals surface area contributed by atoms with Gasteiger partial charge in [0.05, 0.1) is 11.7 Å². The predicted octanol–water partition coefficient (Wildman–Crippen LogP) is 4.67. The Morgan fingerprint density at radius 1 is 1.12 bits per heavy atom. The first-order chi connectivity index (χ1) is 11.6. The van der Waals surface area contributed by atoms with Gasteiger partial charge in [-0.2, -0.15) is 13.2 Å². The Bertz CT molecular complexity index is 635. The van der Waals surface area contributed by atoms with Crippen molar-refractivity contribution >= 4 is 0 Å². The summed E-state index contributed by atoms with van der Waals surface area (Å²) in [5, 5.41) is 21.6. The first-order valence-electron chi connectivity index (χ1n) is 9.55. The molecule has 140 valence electrons. The van der Waals surface area contributed by atoms with Gasteiger partial charge in [0.15, 0.2) is 0 Å². The van der Waals surface area contributed by atoms with Crippen LogP contribution < -0.4 is 0 Å². The molecule has 0 aromatic heterocycles. The van der Waals surface area contributed by atoms with Gasteiger partial charge in [0.2, 0.25) is 0 Å². The maximum absolute atomic E-state index is 13.9. The van der Waals surface area contributed by atoms with Gasteiger partial charge in [-0.25, -0.2) is 0 Å². The summed E-state index contributed by atoms with van der Waals surface area (Å²) in [5.74, 6) is 0.107. The van der Waals surface area contributed by atoms with Crippen LogP contribution in [-0.4, -0.2) is 28.1 Å². The zero-order valence-corrected chi connectivity index (χ0v) is 14.7. The van der Waals surface area contributed by atoms with Crippen LogP contribution in [-0.2, 0) is 0 Å². The molecule has 0 saturated heterocycles. The second-order valence-corrected chi connectivity index (χ2v) is 8.98. The molecule has 2 nitrogen and oxygen atoms in total. The van der Waals surface area contributed by atoms with Gasteiger partial charge in [-0.15, -0.1) is 0 Å². The number of hydrogen-bond acceptors (Lipinski definition) is 2. The first-order valence-corrected chi connectivity index (χ1v) is 9.55. The number of rotatable bonds is 0.